The van der Waals surface area contributed by atoms with Gasteiger partial charge in [0.2, 0.25) is 0 Å². The second-order valence-corrected chi connectivity index (χ2v) is 2.42. The van der Waals surface area contributed by atoms with Crippen LogP contribution >= 0.6 is 12.4 Å². The van der Waals surface area contributed by atoms with Crippen LogP contribution in [-0.4, -0.2) is 11.9 Å². The highest BCUT2D eigenvalue weighted by molar-refractivity contribution is 5.85. The van der Waals surface area contributed by atoms with Crippen molar-refractivity contribution in [1.82, 2.24) is 5.32 Å². The Kier molecular flexibility index (Phi) is 3.62. The fraction of sp³-hybridized carbons (Fsp3) is 0.833. The maximum atomic E-state index is 7.21. The molecule has 3 heteroatoms. The summed E-state index contributed by atoms with van der Waals surface area (Å²) in [4.78, 5) is 0. The van der Waals surface area contributed by atoms with Crippen molar-refractivity contribution in [1.29, 1.82) is 5.41 Å². The molecule has 1 saturated heterocycles. The molecule has 0 saturated carbocycles. The van der Waals surface area contributed by atoms with Crippen molar-refractivity contribution in [3.8, 4) is 0 Å². The second kappa shape index (κ2) is 3.72. The SMILES string of the molecule is CC1CCCC(=N)N1.Cl. The topological polar surface area (TPSA) is 35.9 Å². The molecule has 2 N–H and O–H groups in total. The minimum Gasteiger partial charge on any atom is -0.372 e. The van der Waals surface area contributed by atoms with Crippen LogP contribution in [0.3, 0.4) is 0 Å². The third-order valence-corrected chi connectivity index (χ3v) is 1.48. The maximum Gasteiger partial charge on any atom is 0.0933 e. The van der Waals surface area contributed by atoms with Crippen LogP contribution in [0.1, 0.15) is 26.2 Å². The van der Waals surface area contributed by atoms with Crippen LogP contribution in [0.15, 0.2) is 0 Å². The van der Waals surface area contributed by atoms with E-state index < -0.39 is 0 Å². The molecule has 1 aliphatic heterocycles. The highest BCUT2D eigenvalue weighted by atomic mass is 35.5. The van der Waals surface area contributed by atoms with Crippen LogP contribution < -0.4 is 5.32 Å². The smallest absolute Gasteiger partial charge is 0.0933 e. The van der Waals surface area contributed by atoms with Gasteiger partial charge >= 0.3 is 0 Å². The van der Waals surface area contributed by atoms with Crippen LogP contribution in [0.5, 0.6) is 0 Å². The molecule has 1 fully saturated rings. The number of halogens is 1. The summed E-state index contributed by atoms with van der Waals surface area (Å²) in [6.45, 7) is 2.12. The third-order valence-electron chi connectivity index (χ3n) is 1.48. The summed E-state index contributed by atoms with van der Waals surface area (Å²) in [5.74, 6) is 0.712. The van der Waals surface area contributed by atoms with Crippen LogP contribution in [0.2, 0.25) is 0 Å². The van der Waals surface area contributed by atoms with Gasteiger partial charge in [-0.05, 0) is 19.8 Å². The average Bonchev–Trinajstić information content (AvgIpc) is 1.64. The molecule has 0 bridgehead atoms. The fourth-order valence-corrected chi connectivity index (χ4v) is 1.03. The molecule has 1 atom stereocenters. The van der Waals surface area contributed by atoms with Gasteiger partial charge in [0, 0.05) is 12.5 Å². The predicted molar refractivity (Wildman–Crippen MR) is 41.4 cm³/mol. The molecule has 0 aromatic heterocycles. The van der Waals surface area contributed by atoms with Crippen molar-refractivity contribution in [2.45, 2.75) is 32.2 Å². The maximum absolute atomic E-state index is 7.21. The summed E-state index contributed by atoms with van der Waals surface area (Å²) in [7, 11) is 0. The molecule has 2 nitrogen and oxygen atoms in total. The van der Waals surface area contributed by atoms with Gasteiger partial charge in [-0.3, -0.25) is 5.41 Å². The molecular weight excluding hydrogens is 136 g/mol. The van der Waals surface area contributed by atoms with Crippen LogP contribution in [0, 0.1) is 5.41 Å². The number of rotatable bonds is 0. The Hall–Kier alpha value is -0.240. The first-order valence-electron chi connectivity index (χ1n) is 3.13. The van der Waals surface area contributed by atoms with Crippen molar-refractivity contribution < 1.29 is 0 Å². The second-order valence-electron chi connectivity index (χ2n) is 2.42. The number of piperidine rings is 1. The average molecular weight is 149 g/mol. The lowest BCUT2D eigenvalue weighted by atomic mass is 10.1. The monoisotopic (exact) mass is 148 g/mol. The van der Waals surface area contributed by atoms with E-state index in [1.807, 2.05) is 0 Å². The lowest BCUT2D eigenvalue weighted by molar-refractivity contribution is 0.538. The zero-order valence-corrected chi connectivity index (χ0v) is 6.42. The highest BCUT2D eigenvalue weighted by Gasteiger charge is 2.09. The van der Waals surface area contributed by atoms with Gasteiger partial charge in [0.05, 0.1) is 5.84 Å². The van der Waals surface area contributed by atoms with Gasteiger partial charge in [-0.15, -0.1) is 12.4 Å². The molecule has 0 spiro atoms. The number of hydrogen-bond donors (Lipinski definition) is 2. The normalized spacial score (nSPS) is 26.3. The van der Waals surface area contributed by atoms with Crippen molar-refractivity contribution >= 4 is 18.2 Å². The van der Waals surface area contributed by atoms with E-state index in [0.717, 1.165) is 6.42 Å². The Morgan fingerprint density at radius 2 is 2.33 bits per heavy atom. The molecule has 0 aromatic carbocycles. The van der Waals surface area contributed by atoms with E-state index in [0.29, 0.717) is 11.9 Å². The summed E-state index contributed by atoms with van der Waals surface area (Å²) in [6, 6.07) is 0.538. The van der Waals surface area contributed by atoms with E-state index in [1.165, 1.54) is 12.8 Å². The van der Waals surface area contributed by atoms with Gasteiger partial charge in [-0.1, -0.05) is 0 Å². The molecule has 0 amide bonds. The Labute approximate surface area is 61.9 Å². The standard InChI is InChI=1S/C6H12N2.ClH/c1-5-3-2-4-6(7)8-5;/h5H,2-4H2,1H3,(H2,7,8);1H. The summed E-state index contributed by atoms with van der Waals surface area (Å²) >= 11 is 0. The summed E-state index contributed by atoms with van der Waals surface area (Å²) < 4.78 is 0. The van der Waals surface area contributed by atoms with E-state index in [4.69, 9.17) is 5.41 Å². The Balaban J connectivity index is 0.000000640. The molecule has 54 valence electrons. The molecular formula is C6H13ClN2. The molecule has 0 aliphatic carbocycles. The molecule has 0 aromatic rings. The van der Waals surface area contributed by atoms with Crippen molar-refractivity contribution in [3.63, 3.8) is 0 Å². The first kappa shape index (κ1) is 8.76. The Morgan fingerprint density at radius 3 is 2.67 bits per heavy atom. The Morgan fingerprint density at radius 1 is 1.67 bits per heavy atom. The molecule has 1 unspecified atom stereocenters. The molecule has 9 heavy (non-hydrogen) atoms. The zero-order valence-electron chi connectivity index (χ0n) is 5.61. The number of amidine groups is 1. The summed E-state index contributed by atoms with van der Waals surface area (Å²) in [5, 5.41) is 10.3. The van der Waals surface area contributed by atoms with E-state index in [9.17, 15) is 0 Å². The quantitative estimate of drug-likeness (QED) is 0.537. The van der Waals surface area contributed by atoms with E-state index in [2.05, 4.69) is 12.2 Å². The molecule has 1 heterocycles. The van der Waals surface area contributed by atoms with E-state index in [1.54, 1.807) is 0 Å². The Bertz CT molecular complexity index is 103. The molecule has 1 aliphatic rings. The van der Waals surface area contributed by atoms with Gasteiger partial charge in [-0.25, -0.2) is 0 Å². The van der Waals surface area contributed by atoms with Gasteiger partial charge in [0.1, 0.15) is 0 Å². The van der Waals surface area contributed by atoms with Crippen molar-refractivity contribution in [2.24, 2.45) is 0 Å². The fourth-order valence-electron chi connectivity index (χ4n) is 1.03. The number of hydrogen-bond acceptors (Lipinski definition) is 1. The van der Waals surface area contributed by atoms with Gasteiger partial charge < -0.3 is 5.32 Å². The predicted octanol–water partition coefficient (Wildman–Crippen LogP) is 1.55. The van der Waals surface area contributed by atoms with E-state index in [-0.39, 0.29) is 12.4 Å². The number of nitrogens with one attached hydrogen (secondary N) is 2. The summed E-state index contributed by atoms with van der Waals surface area (Å²) in [5.41, 5.74) is 0. The van der Waals surface area contributed by atoms with E-state index >= 15 is 0 Å². The van der Waals surface area contributed by atoms with Crippen LogP contribution in [0.25, 0.3) is 0 Å². The van der Waals surface area contributed by atoms with Crippen molar-refractivity contribution in [2.75, 3.05) is 0 Å². The highest BCUT2D eigenvalue weighted by Crippen LogP contribution is 2.06. The van der Waals surface area contributed by atoms with Crippen LogP contribution in [-0.2, 0) is 0 Å². The minimum atomic E-state index is 0. The van der Waals surface area contributed by atoms with Gasteiger partial charge in [0.25, 0.3) is 0 Å². The molecule has 0 radical (unpaired) electrons. The van der Waals surface area contributed by atoms with Crippen LogP contribution in [0.4, 0.5) is 0 Å². The molecule has 1 rings (SSSR count). The first-order valence-corrected chi connectivity index (χ1v) is 3.13. The lowest BCUT2D eigenvalue weighted by Crippen LogP contribution is -2.35. The largest absolute Gasteiger partial charge is 0.372 e. The minimum absolute atomic E-state index is 0. The third kappa shape index (κ3) is 2.70. The van der Waals surface area contributed by atoms with Crippen molar-refractivity contribution in [3.05, 3.63) is 0 Å². The summed E-state index contributed by atoms with van der Waals surface area (Å²) in [6.07, 6.45) is 3.36. The van der Waals surface area contributed by atoms with Gasteiger partial charge in [-0.2, -0.15) is 0 Å². The van der Waals surface area contributed by atoms with Gasteiger partial charge in [0.15, 0.2) is 0 Å². The lowest BCUT2D eigenvalue weighted by Gasteiger charge is -2.20. The first-order chi connectivity index (χ1) is 3.79. The zero-order chi connectivity index (χ0) is 5.98.